The second-order valence-corrected chi connectivity index (χ2v) is 8.86. The number of nitrogens with zero attached hydrogens (tertiary/aromatic N) is 1. The maximum atomic E-state index is 14.0. The van der Waals surface area contributed by atoms with Gasteiger partial charge in [-0.15, -0.1) is 0 Å². The molecule has 0 atom stereocenters. The zero-order valence-corrected chi connectivity index (χ0v) is 22.7. The predicted octanol–water partition coefficient (Wildman–Crippen LogP) is 2.71. The third kappa shape index (κ3) is 5.53. The number of esters is 2. The summed E-state index contributed by atoms with van der Waals surface area (Å²) < 4.78 is 19.9. The van der Waals surface area contributed by atoms with E-state index in [9.17, 15) is 24.0 Å². The number of anilines is 1. The summed E-state index contributed by atoms with van der Waals surface area (Å²) in [7, 11) is 5.35. The summed E-state index contributed by atoms with van der Waals surface area (Å²) >= 11 is 0. The summed E-state index contributed by atoms with van der Waals surface area (Å²) in [6.45, 7) is -0.658. The first-order valence-corrected chi connectivity index (χ1v) is 12.2. The highest BCUT2D eigenvalue weighted by Gasteiger charge is 2.54. The van der Waals surface area contributed by atoms with E-state index in [-0.39, 0.29) is 16.8 Å². The lowest BCUT2D eigenvalue weighted by Crippen LogP contribution is -2.45. The second kappa shape index (κ2) is 11.8. The van der Waals surface area contributed by atoms with Crippen molar-refractivity contribution in [1.82, 2.24) is 10.2 Å². The third-order valence-corrected chi connectivity index (χ3v) is 6.51. The molecule has 0 aliphatic carbocycles. The number of amides is 4. The summed E-state index contributed by atoms with van der Waals surface area (Å²) in [5, 5.41) is 5.29. The highest BCUT2D eigenvalue weighted by molar-refractivity contribution is 6.12. The SMILES string of the molecule is COC(=O)c1cc(NC(=O)CN2C(=O)NC(c3ccc(OC)cc3)(c3ccc(OC)cc3)C2=O)cc(C(=O)OC)c1. The van der Waals surface area contributed by atoms with Gasteiger partial charge in [-0.05, 0) is 53.6 Å². The molecule has 0 radical (unpaired) electrons. The van der Waals surface area contributed by atoms with Crippen LogP contribution in [0.25, 0.3) is 0 Å². The highest BCUT2D eigenvalue weighted by Crippen LogP contribution is 2.37. The monoisotopic (exact) mass is 561 g/mol. The van der Waals surface area contributed by atoms with Gasteiger partial charge in [0.15, 0.2) is 5.54 Å². The van der Waals surface area contributed by atoms with E-state index >= 15 is 0 Å². The lowest BCUT2D eigenvalue weighted by molar-refractivity contribution is -0.133. The average molecular weight is 562 g/mol. The molecule has 0 bridgehead atoms. The van der Waals surface area contributed by atoms with Crippen molar-refractivity contribution in [2.75, 3.05) is 40.3 Å². The van der Waals surface area contributed by atoms with Crippen LogP contribution in [0.15, 0.2) is 66.7 Å². The van der Waals surface area contributed by atoms with Gasteiger partial charge in [0.2, 0.25) is 5.91 Å². The Balaban J connectivity index is 1.66. The number of urea groups is 1. The van der Waals surface area contributed by atoms with Crippen LogP contribution in [0.4, 0.5) is 10.5 Å². The summed E-state index contributed by atoms with van der Waals surface area (Å²) in [5.41, 5.74) is -0.727. The van der Waals surface area contributed by atoms with E-state index in [1.54, 1.807) is 48.5 Å². The minimum atomic E-state index is -1.64. The number of rotatable bonds is 9. The van der Waals surface area contributed by atoms with Crippen molar-refractivity contribution in [3.63, 3.8) is 0 Å². The fourth-order valence-electron chi connectivity index (χ4n) is 4.47. The van der Waals surface area contributed by atoms with Crippen molar-refractivity contribution < 1.29 is 42.9 Å². The predicted molar refractivity (Wildman–Crippen MR) is 145 cm³/mol. The van der Waals surface area contributed by atoms with Gasteiger partial charge < -0.3 is 29.6 Å². The first kappa shape index (κ1) is 28.6. The van der Waals surface area contributed by atoms with Crippen LogP contribution in [0.2, 0.25) is 0 Å². The maximum Gasteiger partial charge on any atom is 0.337 e. The standard InChI is InChI=1S/C29H27N3O9/c1-38-22-9-5-19(6-10-22)29(20-7-11-23(39-2)12-8-20)27(36)32(28(37)31-29)16-24(33)30-21-14-17(25(34)40-3)13-18(15-21)26(35)41-4/h5-15H,16H2,1-4H3,(H,30,33)(H,31,37). The van der Waals surface area contributed by atoms with E-state index in [1.165, 1.54) is 46.6 Å². The quantitative estimate of drug-likeness (QED) is 0.297. The van der Waals surface area contributed by atoms with Gasteiger partial charge in [-0.3, -0.25) is 14.5 Å². The number of hydrogen-bond donors (Lipinski definition) is 2. The van der Waals surface area contributed by atoms with Crippen LogP contribution < -0.4 is 20.1 Å². The Morgan fingerprint density at radius 1 is 0.756 bits per heavy atom. The molecule has 4 amide bonds. The summed E-state index contributed by atoms with van der Waals surface area (Å²) in [6.07, 6.45) is 0. The Bertz CT molecular complexity index is 1420. The molecule has 1 aliphatic rings. The van der Waals surface area contributed by atoms with Crippen molar-refractivity contribution in [3.05, 3.63) is 89.0 Å². The van der Waals surface area contributed by atoms with E-state index in [0.717, 1.165) is 4.90 Å². The van der Waals surface area contributed by atoms with Crippen LogP contribution in [0.1, 0.15) is 31.8 Å². The molecular formula is C29H27N3O9. The van der Waals surface area contributed by atoms with Crippen LogP contribution in [-0.4, -0.2) is 69.7 Å². The number of nitrogens with one attached hydrogen (secondary N) is 2. The van der Waals surface area contributed by atoms with Crippen molar-refractivity contribution in [2.24, 2.45) is 0 Å². The number of carbonyl (C=O) groups excluding carboxylic acids is 5. The number of hydrogen-bond acceptors (Lipinski definition) is 9. The average Bonchev–Trinajstić information content (AvgIpc) is 3.25. The molecule has 212 valence electrons. The first-order chi connectivity index (χ1) is 19.7. The highest BCUT2D eigenvalue weighted by atomic mass is 16.5. The molecule has 1 heterocycles. The number of carbonyl (C=O) groups is 5. The van der Waals surface area contributed by atoms with E-state index in [4.69, 9.17) is 18.9 Å². The molecule has 41 heavy (non-hydrogen) atoms. The minimum absolute atomic E-state index is 0.0151. The first-order valence-electron chi connectivity index (χ1n) is 12.2. The molecule has 4 rings (SSSR count). The molecule has 0 aromatic heterocycles. The van der Waals surface area contributed by atoms with Crippen LogP contribution in [0.3, 0.4) is 0 Å². The van der Waals surface area contributed by atoms with Crippen molar-refractivity contribution in [3.8, 4) is 11.5 Å². The zero-order chi connectivity index (χ0) is 29.7. The molecule has 0 spiro atoms. The Labute approximate surface area is 235 Å². The molecule has 0 saturated carbocycles. The number of imide groups is 1. The Kier molecular flexibility index (Phi) is 8.22. The number of ether oxygens (including phenoxy) is 4. The third-order valence-electron chi connectivity index (χ3n) is 6.51. The van der Waals surface area contributed by atoms with Gasteiger partial charge in [-0.25, -0.2) is 14.4 Å². The molecule has 3 aromatic carbocycles. The van der Waals surface area contributed by atoms with Crippen LogP contribution in [0.5, 0.6) is 11.5 Å². The van der Waals surface area contributed by atoms with Crippen molar-refractivity contribution in [2.45, 2.75) is 5.54 Å². The topological polar surface area (TPSA) is 150 Å². The second-order valence-electron chi connectivity index (χ2n) is 8.86. The smallest absolute Gasteiger partial charge is 0.337 e. The summed E-state index contributed by atoms with van der Waals surface area (Å²) in [5.74, 6) is -1.84. The molecule has 0 unspecified atom stereocenters. The van der Waals surface area contributed by atoms with Gasteiger partial charge in [-0.2, -0.15) is 0 Å². The fourth-order valence-corrected chi connectivity index (χ4v) is 4.47. The molecule has 2 N–H and O–H groups in total. The van der Waals surface area contributed by atoms with Gasteiger partial charge in [0.05, 0.1) is 39.6 Å². The van der Waals surface area contributed by atoms with Crippen LogP contribution in [-0.2, 0) is 24.6 Å². The number of methoxy groups -OCH3 is 4. The Hall–Kier alpha value is -5.39. The largest absolute Gasteiger partial charge is 0.497 e. The van der Waals surface area contributed by atoms with E-state index in [1.807, 2.05) is 0 Å². The van der Waals surface area contributed by atoms with Crippen molar-refractivity contribution >= 4 is 35.5 Å². The van der Waals surface area contributed by atoms with Gasteiger partial charge in [0.1, 0.15) is 18.0 Å². The minimum Gasteiger partial charge on any atom is -0.497 e. The van der Waals surface area contributed by atoms with Gasteiger partial charge in [0, 0.05) is 5.69 Å². The Morgan fingerprint density at radius 2 is 1.22 bits per heavy atom. The summed E-state index contributed by atoms with van der Waals surface area (Å²) in [6, 6.07) is 16.3. The normalized spacial score (nSPS) is 13.7. The van der Waals surface area contributed by atoms with Crippen molar-refractivity contribution in [1.29, 1.82) is 0 Å². The molecular weight excluding hydrogens is 534 g/mol. The molecule has 1 aliphatic heterocycles. The maximum absolute atomic E-state index is 14.0. The molecule has 12 heteroatoms. The lowest BCUT2D eigenvalue weighted by atomic mass is 9.82. The van der Waals surface area contributed by atoms with Crippen LogP contribution >= 0.6 is 0 Å². The molecule has 1 fully saturated rings. The van der Waals surface area contributed by atoms with Gasteiger partial charge in [0.25, 0.3) is 5.91 Å². The van der Waals surface area contributed by atoms with Gasteiger partial charge >= 0.3 is 18.0 Å². The zero-order valence-electron chi connectivity index (χ0n) is 22.7. The van der Waals surface area contributed by atoms with E-state index in [2.05, 4.69) is 10.6 Å². The fraction of sp³-hybridized carbons (Fsp3) is 0.207. The van der Waals surface area contributed by atoms with E-state index in [0.29, 0.717) is 22.6 Å². The molecule has 1 saturated heterocycles. The lowest BCUT2D eigenvalue weighted by Gasteiger charge is -2.28. The summed E-state index contributed by atoms with van der Waals surface area (Å²) in [4.78, 5) is 65.2. The number of benzene rings is 3. The van der Waals surface area contributed by atoms with Crippen LogP contribution in [0, 0.1) is 0 Å². The molecule has 3 aromatic rings. The van der Waals surface area contributed by atoms with Gasteiger partial charge in [-0.1, -0.05) is 24.3 Å². The van der Waals surface area contributed by atoms with E-state index < -0.39 is 41.9 Å². The Morgan fingerprint density at radius 3 is 1.63 bits per heavy atom. The molecule has 12 nitrogen and oxygen atoms in total.